The molecule has 0 unspecified atom stereocenters. The first-order chi connectivity index (χ1) is 9.76. The molecule has 2 aromatic rings. The van der Waals surface area contributed by atoms with Gasteiger partial charge in [0.15, 0.2) is 0 Å². The SMILES string of the molecule is C=CCN(c1ccccc1)c1ccc(C(=O)OC)cc1. The van der Waals surface area contributed by atoms with Crippen LogP contribution in [-0.2, 0) is 4.74 Å². The number of hydrogen-bond acceptors (Lipinski definition) is 3. The van der Waals surface area contributed by atoms with Gasteiger partial charge in [-0.15, -0.1) is 6.58 Å². The second kappa shape index (κ2) is 6.57. The Morgan fingerprint density at radius 1 is 1.10 bits per heavy atom. The molecule has 0 atom stereocenters. The number of rotatable bonds is 5. The molecule has 3 heteroatoms. The second-order valence-corrected chi connectivity index (χ2v) is 4.27. The van der Waals surface area contributed by atoms with Crippen LogP contribution >= 0.6 is 0 Å². The molecule has 0 N–H and O–H groups in total. The van der Waals surface area contributed by atoms with Gasteiger partial charge in [-0.05, 0) is 36.4 Å². The van der Waals surface area contributed by atoms with Crippen molar-refractivity contribution in [2.45, 2.75) is 0 Å². The van der Waals surface area contributed by atoms with E-state index in [0.29, 0.717) is 12.1 Å². The van der Waals surface area contributed by atoms with Gasteiger partial charge in [-0.1, -0.05) is 24.3 Å². The summed E-state index contributed by atoms with van der Waals surface area (Å²) in [6, 6.07) is 17.4. The molecule has 2 rings (SSSR count). The van der Waals surface area contributed by atoms with E-state index in [9.17, 15) is 4.79 Å². The normalized spacial score (nSPS) is 9.85. The first-order valence-electron chi connectivity index (χ1n) is 6.38. The van der Waals surface area contributed by atoms with Crippen molar-refractivity contribution in [1.29, 1.82) is 0 Å². The molecule has 0 spiro atoms. The molecule has 2 aromatic carbocycles. The third-order valence-corrected chi connectivity index (χ3v) is 2.98. The van der Waals surface area contributed by atoms with Crippen LogP contribution in [0.3, 0.4) is 0 Å². The van der Waals surface area contributed by atoms with Crippen molar-refractivity contribution in [2.24, 2.45) is 0 Å². The van der Waals surface area contributed by atoms with Gasteiger partial charge in [-0.25, -0.2) is 4.79 Å². The molecule has 0 fully saturated rings. The Labute approximate surface area is 119 Å². The van der Waals surface area contributed by atoms with Crippen molar-refractivity contribution in [3.05, 3.63) is 72.8 Å². The van der Waals surface area contributed by atoms with E-state index >= 15 is 0 Å². The summed E-state index contributed by atoms with van der Waals surface area (Å²) in [5.41, 5.74) is 2.63. The van der Waals surface area contributed by atoms with Crippen LogP contribution in [0, 0.1) is 0 Å². The molecule has 102 valence electrons. The zero-order valence-corrected chi connectivity index (χ0v) is 11.5. The summed E-state index contributed by atoms with van der Waals surface area (Å²) in [6.07, 6.45) is 1.85. The van der Waals surface area contributed by atoms with Crippen LogP contribution in [0.4, 0.5) is 11.4 Å². The maximum Gasteiger partial charge on any atom is 0.337 e. The summed E-state index contributed by atoms with van der Waals surface area (Å²) in [5, 5.41) is 0. The zero-order chi connectivity index (χ0) is 14.4. The average molecular weight is 267 g/mol. The Morgan fingerprint density at radius 2 is 1.70 bits per heavy atom. The number of hydrogen-bond donors (Lipinski definition) is 0. The van der Waals surface area contributed by atoms with Gasteiger partial charge in [0.05, 0.1) is 12.7 Å². The Morgan fingerprint density at radius 3 is 2.25 bits per heavy atom. The highest BCUT2D eigenvalue weighted by Gasteiger charge is 2.09. The maximum absolute atomic E-state index is 11.4. The lowest BCUT2D eigenvalue weighted by molar-refractivity contribution is 0.0601. The number of para-hydroxylation sites is 1. The lowest BCUT2D eigenvalue weighted by atomic mass is 10.1. The third-order valence-electron chi connectivity index (χ3n) is 2.98. The molecule has 0 amide bonds. The Bertz CT molecular complexity index is 576. The molecule has 0 aliphatic heterocycles. The van der Waals surface area contributed by atoms with Crippen LogP contribution in [0.1, 0.15) is 10.4 Å². The summed E-state index contributed by atoms with van der Waals surface area (Å²) in [5.74, 6) is -0.327. The minimum Gasteiger partial charge on any atom is -0.465 e. The van der Waals surface area contributed by atoms with Gasteiger partial charge >= 0.3 is 5.97 Å². The molecular weight excluding hydrogens is 250 g/mol. The Balaban J connectivity index is 2.31. The van der Waals surface area contributed by atoms with Crippen LogP contribution in [-0.4, -0.2) is 19.6 Å². The number of nitrogens with zero attached hydrogens (tertiary/aromatic N) is 1. The topological polar surface area (TPSA) is 29.5 Å². The summed E-state index contributed by atoms with van der Waals surface area (Å²) >= 11 is 0. The van der Waals surface area contributed by atoms with Gasteiger partial charge < -0.3 is 9.64 Å². The molecule has 0 aromatic heterocycles. The molecule has 0 saturated heterocycles. The van der Waals surface area contributed by atoms with E-state index in [2.05, 4.69) is 11.5 Å². The van der Waals surface area contributed by atoms with E-state index in [1.54, 1.807) is 12.1 Å². The van der Waals surface area contributed by atoms with E-state index in [1.165, 1.54) is 7.11 Å². The largest absolute Gasteiger partial charge is 0.465 e. The number of carbonyl (C=O) groups is 1. The predicted molar refractivity (Wildman–Crippen MR) is 81.4 cm³/mol. The van der Waals surface area contributed by atoms with Gasteiger partial charge in [-0.3, -0.25) is 0 Å². The van der Waals surface area contributed by atoms with Gasteiger partial charge in [-0.2, -0.15) is 0 Å². The fourth-order valence-electron chi connectivity index (χ4n) is 1.99. The van der Waals surface area contributed by atoms with E-state index in [-0.39, 0.29) is 5.97 Å². The Kier molecular flexibility index (Phi) is 4.56. The number of ether oxygens (including phenoxy) is 1. The van der Waals surface area contributed by atoms with Crippen LogP contribution in [0.25, 0.3) is 0 Å². The maximum atomic E-state index is 11.4. The van der Waals surface area contributed by atoms with Gasteiger partial charge in [0, 0.05) is 17.9 Å². The van der Waals surface area contributed by atoms with Crippen LogP contribution in [0.5, 0.6) is 0 Å². The summed E-state index contributed by atoms with van der Waals surface area (Å²) in [7, 11) is 1.38. The van der Waals surface area contributed by atoms with Crippen molar-refractivity contribution < 1.29 is 9.53 Å². The summed E-state index contributed by atoms with van der Waals surface area (Å²) < 4.78 is 4.70. The number of benzene rings is 2. The van der Waals surface area contributed by atoms with Crippen LogP contribution in [0.15, 0.2) is 67.3 Å². The number of carbonyl (C=O) groups excluding carboxylic acids is 1. The second-order valence-electron chi connectivity index (χ2n) is 4.27. The molecule has 3 nitrogen and oxygen atoms in total. The molecule has 0 bridgehead atoms. The average Bonchev–Trinajstić information content (AvgIpc) is 2.53. The van der Waals surface area contributed by atoms with Crippen molar-refractivity contribution in [3.63, 3.8) is 0 Å². The third kappa shape index (κ3) is 3.06. The number of esters is 1. The molecule has 0 aliphatic rings. The van der Waals surface area contributed by atoms with Gasteiger partial charge in [0.2, 0.25) is 0 Å². The number of anilines is 2. The standard InChI is InChI=1S/C17H17NO2/c1-3-13-18(15-7-5-4-6-8-15)16-11-9-14(10-12-16)17(19)20-2/h3-12H,1,13H2,2H3. The van der Waals surface area contributed by atoms with E-state index < -0.39 is 0 Å². The van der Waals surface area contributed by atoms with E-state index in [1.807, 2.05) is 48.5 Å². The van der Waals surface area contributed by atoms with Crippen LogP contribution < -0.4 is 4.90 Å². The van der Waals surface area contributed by atoms with Gasteiger partial charge in [0.1, 0.15) is 0 Å². The van der Waals surface area contributed by atoms with Crippen molar-refractivity contribution >= 4 is 17.3 Å². The smallest absolute Gasteiger partial charge is 0.337 e. The minimum atomic E-state index is -0.327. The van der Waals surface area contributed by atoms with Gasteiger partial charge in [0.25, 0.3) is 0 Å². The monoisotopic (exact) mass is 267 g/mol. The van der Waals surface area contributed by atoms with Crippen molar-refractivity contribution in [1.82, 2.24) is 0 Å². The van der Waals surface area contributed by atoms with E-state index in [0.717, 1.165) is 11.4 Å². The van der Waals surface area contributed by atoms with E-state index in [4.69, 9.17) is 4.74 Å². The molecule has 0 saturated carbocycles. The fraction of sp³-hybridized carbons (Fsp3) is 0.118. The minimum absolute atomic E-state index is 0.327. The summed E-state index contributed by atoms with van der Waals surface area (Å²) in [6.45, 7) is 4.49. The quantitative estimate of drug-likeness (QED) is 0.609. The molecule has 0 heterocycles. The molecular formula is C17H17NO2. The predicted octanol–water partition coefficient (Wildman–Crippen LogP) is 3.80. The zero-order valence-electron chi connectivity index (χ0n) is 11.5. The van der Waals surface area contributed by atoms with Crippen LogP contribution in [0.2, 0.25) is 0 Å². The first kappa shape index (κ1) is 13.9. The lowest BCUT2D eigenvalue weighted by Crippen LogP contribution is -2.16. The molecule has 0 aliphatic carbocycles. The highest BCUT2D eigenvalue weighted by atomic mass is 16.5. The number of methoxy groups -OCH3 is 1. The molecule has 20 heavy (non-hydrogen) atoms. The Hall–Kier alpha value is -2.55. The highest BCUT2D eigenvalue weighted by Crippen LogP contribution is 2.25. The van der Waals surface area contributed by atoms with Crippen molar-refractivity contribution in [2.75, 3.05) is 18.6 Å². The van der Waals surface area contributed by atoms with Crippen molar-refractivity contribution in [3.8, 4) is 0 Å². The fourth-order valence-corrected chi connectivity index (χ4v) is 1.99. The first-order valence-corrected chi connectivity index (χ1v) is 6.38. The molecule has 0 radical (unpaired) electrons. The summed E-state index contributed by atoms with van der Waals surface area (Å²) in [4.78, 5) is 13.6. The lowest BCUT2D eigenvalue weighted by Gasteiger charge is -2.23. The highest BCUT2D eigenvalue weighted by molar-refractivity contribution is 5.89.